The molecule has 0 aliphatic heterocycles. The van der Waals surface area contributed by atoms with Gasteiger partial charge in [-0.25, -0.2) is 0 Å². The van der Waals surface area contributed by atoms with Crippen LogP contribution in [0.25, 0.3) is 0 Å². The van der Waals surface area contributed by atoms with Crippen LogP contribution >= 0.6 is 12.2 Å². The smallest absolute Gasteiger partial charge is 0.0745 e. The number of nitrogens with zero attached hydrogens (tertiary/aromatic N) is 2. The number of aromatic nitrogens is 1. The standard InChI is InChI=1S/C16H19N3S/c17-16(20)9-13-19(15-4-2-1-3-5-15)12-8-14-6-10-18-11-7-14/h1-7,10-11H,8-9,12-13H2,(H2,17,20). The minimum absolute atomic E-state index is 0.565. The lowest BCUT2D eigenvalue weighted by molar-refractivity contribution is 0.788. The summed E-state index contributed by atoms with van der Waals surface area (Å²) in [6.07, 6.45) is 5.38. The van der Waals surface area contributed by atoms with Crippen molar-refractivity contribution in [2.75, 3.05) is 18.0 Å². The highest BCUT2D eigenvalue weighted by Crippen LogP contribution is 2.14. The van der Waals surface area contributed by atoms with Gasteiger partial charge in [0, 0.05) is 37.6 Å². The van der Waals surface area contributed by atoms with Gasteiger partial charge < -0.3 is 10.6 Å². The maximum atomic E-state index is 5.62. The molecule has 2 rings (SSSR count). The number of benzene rings is 1. The number of nitrogens with two attached hydrogens (primary N) is 1. The predicted molar refractivity (Wildman–Crippen MR) is 88.0 cm³/mol. The van der Waals surface area contributed by atoms with Crippen LogP contribution in [0, 0.1) is 0 Å². The van der Waals surface area contributed by atoms with Crippen molar-refractivity contribution < 1.29 is 0 Å². The third-order valence-electron chi connectivity index (χ3n) is 3.17. The van der Waals surface area contributed by atoms with Gasteiger partial charge in [0.1, 0.15) is 0 Å². The SMILES string of the molecule is NC(=S)CCN(CCc1ccncc1)c1ccccc1. The lowest BCUT2D eigenvalue weighted by Gasteiger charge is -2.24. The third-order valence-corrected chi connectivity index (χ3v) is 3.37. The van der Waals surface area contributed by atoms with E-state index in [1.54, 1.807) is 0 Å². The van der Waals surface area contributed by atoms with Crippen molar-refractivity contribution in [2.24, 2.45) is 5.73 Å². The molecule has 0 aliphatic rings. The van der Waals surface area contributed by atoms with Crippen LogP contribution in [0.4, 0.5) is 5.69 Å². The maximum Gasteiger partial charge on any atom is 0.0745 e. The van der Waals surface area contributed by atoms with Gasteiger partial charge in [0.05, 0.1) is 4.99 Å². The van der Waals surface area contributed by atoms with Crippen molar-refractivity contribution in [1.29, 1.82) is 0 Å². The first-order valence-electron chi connectivity index (χ1n) is 6.73. The molecule has 0 saturated heterocycles. The molecule has 1 aromatic carbocycles. The van der Waals surface area contributed by atoms with E-state index in [4.69, 9.17) is 18.0 Å². The Morgan fingerprint density at radius 3 is 2.40 bits per heavy atom. The molecule has 0 amide bonds. The molecule has 104 valence electrons. The van der Waals surface area contributed by atoms with Crippen LogP contribution in [0.5, 0.6) is 0 Å². The van der Waals surface area contributed by atoms with Crippen LogP contribution in [0.1, 0.15) is 12.0 Å². The number of pyridine rings is 1. The average molecular weight is 285 g/mol. The van der Waals surface area contributed by atoms with Crippen molar-refractivity contribution in [3.05, 3.63) is 60.4 Å². The largest absolute Gasteiger partial charge is 0.393 e. The lowest BCUT2D eigenvalue weighted by Crippen LogP contribution is -2.29. The number of hydrogen-bond donors (Lipinski definition) is 1. The summed E-state index contributed by atoms with van der Waals surface area (Å²) < 4.78 is 0. The summed E-state index contributed by atoms with van der Waals surface area (Å²) >= 11 is 4.98. The zero-order valence-corrected chi connectivity index (χ0v) is 12.2. The van der Waals surface area contributed by atoms with E-state index in [9.17, 15) is 0 Å². The van der Waals surface area contributed by atoms with E-state index in [2.05, 4.69) is 46.3 Å². The maximum absolute atomic E-state index is 5.62. The van der Waals surface area contributed by atoms with Gasteiger partial charge in [0.2, 0.25) is 0 Å². The van der Waals surface area contributed by atoms with E-state index in [1.807, 2.05) is 18.5 Å². The van der Waals surface area contributed by atoms with Gasteiger partial charge in [-0.15, -0.1) is 0 Å². The van der Waals surface area contributed by atoms with Crippen molar-refractivity contribution in [3.63, 3.8) is 0 Å². The Balaban J connectivity index is 2.01. The minimum atomic E-state index is 0.565. The van der Waals surface area contributed by atoms with E-state index in [1.165, 1.54) is 11.3 Å². The third kappa shape index (κ3) is 4.63. The molecular formula is C16H19N3S. The van der Waals surface area contributed by atoms with Crippen LogP contribution < -0.4 is 10.6 Å². The molecule has 2 aromatic rings. The zero-order chi connectivity index (χ0) is 14.2. The molecule has 4 heteroatoms. The first-order valence-corrected chi connectivity index (χ1v) is 7.14. The van der Waals surface area contributed by atoms with Gasteiger partial charge in [0.15, 0.2) is 0 Å². The van der Waals surface area contributed by atoms with Crippen molar-refractivity contribution >= 4 is 22.9 Å². The van der Waals surface area contributed by atoms with E-state index in [0.29, 0.717) is 4.99 Å². The first kappa shape index (κ1) is 14.5. The fraction of sp³-hybridized carbons (Fsp3) is 0.250. The number of hydrogen-bond acceptors (Lipinski definition) is 3. The van der Waals surface area contributed by atoms with Crippen molar-refractivity contribution in [2.45, 2.75) is 12.8 Å². The van der Waals surface area contributed by atoms with Crippen LogP contribution in [-0.4, -0.2) is 23.1 Å². The van der Waals surface area contributed by atoms with Gasteiger partial charge >= 0.3 is 0 Å². The van der Waals surface area contributed by atoms with Crippen molar-refractivity contribution in [1.82, 2.24) is 4.98 Å². The number of para-hydroxylation sites is 1. The Labute approximate surface area is 125 Å². The van der Waals surface area contributed by atoms with E-state index in [-0.39, 0.29) is 0 Å². The van der Waals surface area contributed by atoms with Gasteiger partial charge in [-0.2, -0.15) is 0 Å². The highest BCUT2D eigenvalue weighted by molar-refractivity contribution is 7.80. The molecule has 20 heavy (non-hydrogen) atoms. The molecule has 1 heterocycles. The van der Waals surface area contributed by atoms with Gasteiger partial charge in [-0.05, 0) is 36.2 Å². The molecule has 0 atom stereocenters. The lowest BCUT2D eigenvalue weighted by atomic mass is 10.1. The highest BCUT2D eigenvalue weighted by atomic mass is 32.1. The molecule has 0 aliphatic carbocycles. The monoisotopic (exact) mass is 285 g/mol. The molecule has 1 aromatic heterocycles. The normalized spacial score (nSPS) is 10.2. The molecule has 0 fully saturated rings. The second-order valence-corrected chi connectivity index (χ2v) is 5.17. The van der Waals surface area contributed by atoms with E-state index < -0.39 is 0 Å². The van der Waals surface area contributed by atoms with E-state index in [0.717, 1.165) is 25.9 Å². The molecule has 0 radical (unpaired) electrons. The molecule has 0 unspecified atom stereocenters. The minimum Gasteiger partial charge on any atom is -0.393 e. The van der Waals surface area contributed by atoms with Crippen LogP contribution in [-0.2, 0) is 6.42 Å². The van der Waals surface area contributed by atoms with Gasteiger partial charge in [-0.3, -0.25) is 4.98 Å². The molecular weight excluding hydrogens is 266 g/mol. The summed E-state index contributed by atoms with van der Waals surface area (Å²) in [6, 6.07) is 14.5. The van der Waals surface area contributed by atoms with Gasteiger partial charge in [-0.1, -0.05) is 30.4 Å². The topological polar surface area (TPSA) is 42.1 Å². The molecule has 0 spiro atoms. The summed E-state index contributed by atoms with van der Waals surface area (Å²) in [5.74, 6) is 0. The molecule has 3 nitrogen and oxygen atoms in total. The Bertz CT molecular complexity index is 528. The fourth-order valence-electron chi connectivity index (χ4n) is 2.07. The van der Waals surface area contributed by atoms with Crippen LogP contribution in [0.2, 0.25) is 0 Å². The second-order valence-electron chi connectivity index (χ2n) is 4.64. The Hall–Kier alpha value is -1.94. The first-order chi connectivity index (χ1) is 9.75. The number of rotatable bonds is 7. The Kier molecular flexibility index (Phi) is 5.50. The summed E-state index contributed by atoms with van der Waals surface area (Å²) in [4.78, 5) is 6.93. The quantitative estimate of drug-likeness (QED) is 0.794. The summed E-state index contributed by atoms with van der Waals surface area (Å²) in [6.45, 7) is 1.79. The van der Waals surface area contributed by atoms with Crippen LogP contribution in [0.3, 0.4) is 0 Å². The molecule has 0 bridgehead atoms. The fourth-order valence-corrected chi connectivity index (χ4v) is 2.16. The number of thiocarbonyl (C=S) groups is 1. The summed E-state index contributed by atoms with van der Waals surface area (Å²) in [5.41, 5.74) is 8.12. The van der Waals surface area contributed by atoms with Crippen LogP contribution in [0.15, 0.2) is 54.9 Å². The predicted octanol–water partition coefficient (Wildman–Crippen LogP) is 2.81. The zero-order valence-electron chi connectivity index (χ0n) is 11.4. The second kappa shape index (κ2) is 7.60. The summed E-state index contributed by atoms with van der Waals surface area (Å²) in [7, 11) is 0. The van der Waals surface area contributed by atoms with Gasteiger partial charge in [0.25, 0.3) is 0 Å². The highest BCUT2D eigenvalue weighted by Gasteiger charge is 2.06. The summed E-state index contributed by atoms with van der Waals surface area (Å²) in [5, 5.41) is 0. The molecule has 2 N–H and O–H groups in total. The average Bonchev–Trinajstić information content (AvgIpc) is 2.49. The molecule has 0 saturated carbocycles. The number of anilines is 1. The Morgan fingerprint density at radius 1 is 1.05 bits per heavy atom. The van der Waals surface area contributed by atoms with Crippen molar-refractivity contribution in [3.8, 4) is 0 Å². The van der Waals surface area contributed by atoms with E-state index >= 15 is 0 Å². The Morgan fingerprint density at radius 2 is 1.75 bits per heavy atom.